The molecule has 4 heteroatoms. The molecule has 0 aliphatic heterocycles. The van der Waals surface area contributed by atoms with Gasteiger partial charge in [0.05, 0.1) is 13.5 Å². The van der Waals surface area contributed by atoms with E-state index in [1.54, 1.807) is 11.8 Å². The molecule has 0 aromatic rings. The molecule has 14 heavy (non-hydrogen) atoms. The quantitative estimate of drug-likeness (QED) is 0.545. The van der Waals surface area contributed by atoms with Crippen LogP contribution in [0.4, 0.5) is 0 Å². The first kappa shape index (κ1) is 13.8. The number of carbonyl (C=O) groups excluding carboxylic acids is 1. The van der Waals surface area contributed by atoms with E-state index >= 15 is 0 Å². The highest BCUT2D eigenvalue weighted by molar-refractivity contribution is 7.99. The van der Waals surface area contributed by atoms with Crippen LogP contribution in [0.25, 0.3) is 0 Å². The Morgan fingerprint density at radius 2 is 2.00 bits per heavy atom. The molecule has 0 atom stereocenters. The summed E-state index contributed by atoms with van der Waals surface area (Å²) in [5.41, 5.74) is 0.183. The fourth-order valence-corrected chi connectivity index (χ4v) is 1.62. The first-order valence-electron chi connectivity index (χ1n) is 4.85. The van der Waals surface area contributed by atoms with Gasteiger partial charge in [-0.25, -0.2) is 0 Å². The highest BCUT2D eigenvalue weighted by atomic mass is 32.2. The lowest BCUT2D eigenvalue weighted by Crippen LogP contribution is -2.37. The second-order valence-electron chi connectivity index (χ2n) is 4.12. The minimum atomic E-state index is -0.124. The molecule has 1 N–H and O–H groups in total. The van der Waals surface area contributed by atoms with Crippen molar-refractivity contribution in [2.75, 3.05) is 25.2 Å². The van der Waals surface area contributed by atoms with Crippen LogP contribution in [0.1, 0.15) is 27.2 Å². The number of rotatable bonds is 6. The molecule has 0 aliphatic rings. The largest absolute Gasteiger partial charge is 0.469 e. The minimum Gasteiger partial charge on any atom is -0.469 e. The first-order valence-corrected chi connectivity index (χ1v) is 6.01. The Labute approximate surface area is 91.0 Å². The van der Waals surface area contributed by atoms with Crippen LogP contribution < -0.4 is 5.32 Å². The minimum absolute atomic E-state index is 0.124. The van der Waals surface area contributed by atoms with Crippen LogP contribution in [0, 0.1) is 0 Å². The molecule has 0 fully saturated rings. The predicted molar refractivity (Wildman–Crippen MR) is 61.7 cm³/mol. The van der Waals surface area contributed by atoms with Gasteiger partial charge in [0.1, 0.15) is 0 Å². The first-order chi connectivity index (χ1) is 6.45. The number of ether oxygens (including phenoxy) is 1. The average molecular weight is 219 g/mol. The molecule has 0 aliphatic carbocycles. The normalized spacial score (nSPS) is 11.4. The van der Waals surface area contributed by atoms with Crippen LogP contribution in [0.2, 0.25) is 0 Å². The third-order valence-corrected chi connectivity index (χ3v) is 2.57. The van der Waals surface area contributed by atoms with Gasteiger partial charge >= 0.3 is 5.97 Å². The van der Waals surface area contributed by atoms with Gasteiger partial charge in [0.15, 0.2) is 0 Å². The molecular formula is C10H21NO2S. The summed E-state index contributed by atoms with van der Waals surface area (Å²) in [6, 6.07) is 0. The third kappa shape index (κ3) is 9.86. The van der Waals surface area contributed by atoms with Crippen molar-refractivity contribution in [2.24, 2.45) is 0 Å². The molecule has 0 aromatic heterocycles. The van der Waals surface area contributed by atoms with Gasteiger partial charge in [0.2, 0.25) is 0 Å². The average Bonchev–Trinajstić information content (AvgIpc) is 2.08. The van der Waals surface area contributed by atoms with Gasteiger partial charge in [-0.1, -0.05) is 0 Å². The summed E-state index contributed by atoms with van der Waals surface area (Å²) in [6.45, 7) is 7.42. The SMILES string of the molecule is COC(=O)CCSCCNC(C)(C)C. The van der Waals surface area contributed by atoms with Crippen LogP contribution in [-0.2, 0) is 9.53 Å². The lowest BCUT2D eigenvalue weighted by Gasteiger charge is -2.20. The molecule has 0 amide bonds. The van der Waals surface area contributed by atoms with E-state index < -0.39 is 0 Å². The van der Waals surface area contributed by atoms with Crippen LogP contribution in [0.3, 0.4) is 0 Å². The second-order valence-corrected chi connectivity index (χ2v) is 5.34. The van der Waals surface area contributed by atoms with Crippen molar-refractivity contribution < 1.29 is 9.53 Å². The molecular weight excluding hydrogens is 198 g/mol. The number of hydrogen-bond acceptors (Lipinski definition) is 4. The molecule has 0 spiro atoms. The van der Waals surface area contributed by atoms with E-state index in [0.717, 1.165) is 18.1 Å². The summed E-state index contributed by atoms with van der Waals surface area (Å²) >= 11 is 1.77. The zero-order valence-electron chi connectivity index (χ0n) is 9.55. The third-order valence-electron chi connectivity index (χ3n) is 1.58. The Bertz CT molecular complexity index is 166. The van der Waals surface area contributed by atoms with Crippen molar-refractivity contribution in [3.8, 4) is 0 Å². The van der Waals surface area contributed by atoms with Gasteiger partial charge in [-0.15, -0.1) is 0 Å². The van der Waals surface area contributed by atoms with E-state index in [9.17, 15) is 4.79 Å². The van der Waals surface area contributed by atoms with Gasteiger partial charge in [-0.05, 0) is 20.8 Å². The lowest BCUT2D eigenvalue weighted by atomic mass is 10.1. The summed E-state index contributed by atoms with van der Waals surface area (Å²) in [6.07, 6.45) is 0.511. The highest BCUT2D eigenvalue weighted by Crippen LogP contribution is 2.04. The fraction of sp³-hybridized carbons (Fsp3) is 0.900. The standard InChI is InChI=1S/C10H21NO2S/c1-10(2,3)11-6-8-14-7-5-9(12)13-4/h11H,5-8H2,1-4H3. The van der Waals surface area contributed by atoms with E-state index in [-0.39, 0.29) is 11.5 Å². The number of carbonyl (C=O) groups is 1. The maximum atomic E-state index is 10.8. The summed E-state index contributed by atoms with van der Waals surface area (Å²) in [5.74, 6) is 1.76. The van der Waals surface area contributed by atoms with Gasteiger partial charge < -0.3 is 10.1 Å². The van der Waals surface area contributed by atoms with Crippen molar-refractivity contribution in [3.63, 3.8) is 0 Å². The van der Waals surface area contributed by atoms with E-state index in [0.29, 0.717) is 6.42 Å². The molecule has 0 saturated heterocycles. The summed E-state index contributed by atoms with van der Waals surface area (Å²) in [5, 5.41) is 3.39. The Balaban J connectivity index is 3.18. The summed E-state index contributed by atoms with van der Waals surface area (Å²) in [4.78, 5) is 10.8. The topological polar surface area (TPSA) is 38.3 Å². The Morgan fingerprint density at radius 1 is 1.36 bits per heavy atom. The zero-order valence-corrected chi connectivity index (χ0v) is 10.4. The van der Waals surface area contributed by atoms with Gasteiger partial charge in [0.25, 0.3) is 0 Å². The highest BCUT2D eigenvalue weighted by Gasteiger charge is 2.07. The van der Waals surface area contributed by atoms with Crippen molar-refractivity contribution in [3.05, 3.63) is 0 Å². The van der Waals surface area contributed by atoms with Crippen molar-refractivity contribution in [1.29, 1.82) is 0 Å². The Kier molecular flexibility index (Phi) is 7.01. The number of esters is 1. The number of methoxy groups -OCH3 is 1. The lowest BCUT2D eigenvalue weighted by molar-refractivity contribution is -0.140. The van der Waals surface area contributed by atoms with E-state index in [1.807, 2.05) is 0 Å². The molecule has 0 aromatic carbocycles. The Morgan fingerprint density at radius 3 is 2.50 bits per heavy atom. The maximum absolute atomic E-state index is 10.8. The molecule has 3 nitrogen and oxygen atoms in total. The van der Waals surface area contributed by atoms with Crippen molar-refractivity contribution in [1.82, 2.24) is 5.32 Å². The molecule has 0 unspecified atom stereocenters. The zero-order chi connectivity index (χ0) is 11.0. The van der Waals surface area contributed by atoms with Crippen LogP contribution in [0.5, 0.6) is 0 Å². The maximum Gasteiger partial charge on any atom is 0.306 e. The summed E-state index contributed by atoms with van der Waals surface area (Å²) < 4.78 is 4.54. The van der Waals surface area contributed by atoms with Crippen LogP contribution in [0.15, 0.2) is 0 Å². The number of thioether (sulfide) groups is 1. The fourth-order valence-electron chi connectivity index (χ4n) is 0.858. The smallest absolute Gasteiger partial charge is 0.306 e. The molecule has 0 rings (SSSR count). The number of hydrogen-bond donors (Lipinski definition) is 1. The van der Waals surface area contributed by atoms with Gasteiger partial charge in [0, 0.05) is 23.6 Å². The summed E-state index contributed by atoms with van der Waals surface area (Å²) in [7, 11) is 1.42. The van der Waals surface area contributed by atoms with Crippen LogP contribution >= 0.6 is 11.8 Å². The molecule has 0 heterocycles. The number of nitrogens with one attached hydrogen (secondary N) is 1. The Hall–Kier alpha value is -0.220. The second kappa shape index (κ2) is 7.12. The van der Waals surface area contributed by atoms with E-state index in [2.05, 4.69) is 30.8 Å². The molecule has 0 radical (unpaired) electrons. The van der Waals surface area contributed by atoms with Crippen molar-refractivity contribution in [2.45, 2.75) is 32.7 Å². The van der Waals surface area contributed by atoms with E-state index in [1.165, 1.54) is 7.11 Å². The molecule has 0 saturated carbocycles. The molecule has 84 valence electrons. The monoisotopic (exact) mass is 219 g/mol. The van der Waals surface area contributed by atoms with Crippen LogP contribution in [-0.4, -0.2) is 36.7 Å². The predicted octanol–water partition coefficient (Wildman–Crippen LogP) is 1.67. The van der Waals surface area contributed by atoms with Gasteiger partial charge in [-0.3, -0.25) is 4.79 Å². The van der Waals surface area contributed by atoms with Crippen molar-refractivity contribution >= 4 is 17.7 Å². The van der Waals surface area contributed by atoms with Gasteiger partial charge in [-0.2, -0.15) is 11.8 Å². The van der Waals surface area contributed by atoms with E-state index in [4.69, 9.17) is 0 Å². The molecule has 0 bridgehead atoms.